The van der Waals surface area contributed by atoms with Gasteiger partial charge in [-0.1, -0.05) is 15.9 Å². The summed E-state index contributed by atoms with van der Waals surface area (Å²) in [5.74, 6) is -0.0989. The van der Waals surface area contributed by atoms with Crippen molar-refractivity contribution < 1.29 is 9.59 Å². The van der Waals surface area contributed by atoms with Crippen molar-refractivity contribution in [3.05, 3.63) is 0 Å². The predicted octanol–water partition coefficient (Wildman–Crippen LogP) is 0.960. The number of ketones is 1. The molecule has 1 aliphatic rings. The van der Waals surface area contributed by atoms with Gasteiger partial charge in [0.2, 0.25) is 5.91 Å². The molecular weight excluding hydrogens is 222 g/mol. The van der Waals surface area contributed by atoms with Crippen LogP contribution in [0.4, 0.5) is 0 Å². The van der Waals surface area contributed by atoms with Crippen LogP contribution in [0.3, 0.4) is 0 Å². The number of hydrogen-bond acceptors (Lipinski definition) is 2. The number of hydrogen-bond donors (Lipinski definition) is 0. The van der Waals surface area contributed by atoms with E-state index in [1.54, 1.807) is 4.90 Å². The minimum absolute atomic E-state index is 0.00287. The van der Waals surface area contributed by atoms with Gasteiger partial charge in [-0.05, 0) is 13.8 Å². The van der Waals surface area contributed by atoms with E-state index >= 15 is 0 Å². The quantitative estimate of drug-likeness (QED) is 0.500. The highest BCUT2D eigenvalue weighted by Gasteiger charge is 2.33. The van der Waals surface area contributed by atoms with Crippen LogP contribution in [0.2, 0.25) is 0 Å². The number of alkyl halides is 1. The summed E-state index contributed by atoms with van der Waals surface area (Å²) in [5, 5.41) is 0. The molecule has 3 nitrogen and oxygen atoms in total. The van der Waals surface area contributed by atoms with Crippen LogP contribution < -0.4 is 0 Å². The monoisotopic (exact) mass is 233 g/mol. The molecular formula is C8H12BrNO2. The Kier molecular flexibility index (Phi) is 2.88. The van der Waals surface area contributed by atoms with E-state index in [0.717, 1.165) is 0 Å². The fraction of sp³-hybridized carbons (Fsp3) is 0.750. The molecule has 0 spiro atoms. The van der Waals surface area contributed by atoms with Crippen LogP contribution in [0, 0.1) is 0 Å². The topological polar surface area (TPSA) is 37.4 Å². The summed E-state index contributed by atoms with van der Waals surface area (Å²) in [5.41, 5.74) is 0. The molecule has 0 aromatic carbocycles. The van der Waals surface area contributed by atoms with Gasteiger partial charge in [0.1, 0.15) is 0 Å². The first-order chi connectivity index (χ1) is 5.54. The minimum atomic E-state index is -0.603. The van der Waals surface area contributed by atoms with E-state index in [9.17, 15) is 9.59 Å². The van der Waals surface area contributed by atoms with Crippen LogP contribution in [0.1, 0.15) is 20.3 Å². The molecule has 1 heterocycles. The summed E-state index contributed by atoms with van der Waals surface area (Å²) < 4.78 is 0. The van der Waals surface area contributed by atoms with Gasteiger partial charge in [0.05, 0.1) is 0 Å². The summed E-state index contributed by atoms with van der Waals surface area (Å²) >= 11 is 3.09. The lowest BCUT2D eigenvalue weighted by Gasteiger charge is -2.32. The number of carbonyl (C=O) groups excluding carboxylic acids is 2. The first kappa shape index (κ1) is 9.71. The zero-order valence-electron chi connectivity index (χ0n) is 7.21. The Morgan fingerprint density at radius 2 is 2.08 bits per heavy atom. The van der Waals surface area contributed by atoms with Crippen molar-refractivity contribution in [2.45, 2.75) is 31.1 Å². The summed E-state index contributed by atoms with van der Waals surface area (Å²) in [6.07, 6.45) is 0.472. The number of carbonyl (C=O) groups is 2. The summed E-state index contributed by atoms with van der Waals surface area (Å²) in [6, 6.07) is 0.186. The van der Waals surface area contributed by atoms with Crippen molar-refractivity contribution >= 4 is 27.6 Å². The Balaban J connectivity index is 2.72. The maximum absolute atomic E-state index is 11.4. The van der Waals surface area contributed by atoms with Gasteiger partial charge < -0.3 is 4.90 Å². The highest BCUT2D eigenvalue weighted by atomic mass is 79.9. The molecule has 1 aliphatic heterocycles. The van der Waals surface area contributed by atoms with Gasteiger partial charge in [-0.3, -0.25) is 9.59 Å². The Bertz CT molecular complexity index is 215. The standard InChI is InChI=1S/C8H12BrNO2/c1-5(2)10-4-3-6(11)7(9)8(10)12/h5,7H,3-4H2,1-2H3/t7-/m0/s1. The largest absolute Gasteiger partial charge is 0.338 e. The Morgan fingerprint density at radius 1 is 1.50 bits per heavy atom. The molecule has 0 aromatic rings. The second-order valence-corrected chi connectivity index (χ2v) is 4.12. The minimum Gasteiger partial charge on any atom is -0.338 e. The van der Waals surface area contributed by atoms with E-state index in [1.165, 1.54) is 0 Å². The summed E-state index contributed by atoms with van der Waals surface area (Å²) in [6.45, 7) is 4.47. The molecule has 1 amide bonds. The number of Topliss-reactive ketones (excluding diaryl/α,β-unsaturated/α-hetero) is 1. The molecule has 12 heavy (non-hydrogen) atoms. The summed E-state index contributed by atoms with van der Waals surface area (Å²) in [4.78, 5) is 23.6. The number of likely N-dealkylation sites (tertiary alicyclic amines) is 1. The molecule has 0 radical (unpaired) electrons. The molecule has 0 unspecified atom stereocenters. The third-order valence-electron chi connectivity index (χ3n) is 2.01. The van der Waals surface area contributed by atoms with E-state index in [1.807, 2.05) is 13.8 Å². The van der Waals surface area contributed by atoms with Gasteiger partial charge in [0.25, 0.3) is 0 Å². The van der Waals surface area contributed by atoms with Crippen molar-refractivity contribution in [2.24, 2.45) is 0 Å². The van der Waals surface area contributed by atoms with Crippen molar-refractivity contribution in [2.75, 3.05) is 6.54 Å². The molecule has 1 fully saturated rings. The van der Waals surface area contributed by atoms with Crippen LogP contribution in [-0.4, -0.2) is 34.0 Å². The van der Waals surface area contributed by atoms with Crippen LogP contribution >= 0.6 is 15.9 Å². The number of amides is 1. The predicted molar refractivity (Wildman–Crippen MR) is 49.2 cm³/mol. The fourth-order valence-electron chi connectivity index (χ4n) is 1.26. The molecule has 1 atom stereocenters. The van der Waals surface area contributed by atoms with Crippen molar-refractivity contribution in [1.29, 1.82) is 0 Å². The molecule has 68 valence electrons. The van der Waals surface area contributed by atoms with Crippen LogP contribution in [0.5, 0.6) is 0 Å². The van der Waals surface area contributed by atoms with Gasteiger partial charge in [-0.25, -0.2) is 0 Å². The first-order valence-electron chi connectivity index (χ1n) is 4.01. The fourth-order valence-corrected chi connectivity index (χ4v) is 1.76. The van der Waals surface area contributed by atoms with Crippen molar-refractivity contribution in [1.82, 2.24) is 4.90 Å². The van der Waals surface area contributed by atoms with Gasteiger partial charge in [0, 0.05) is 19.0 Å². The first-order valence-corrected chi connectivity index (χ1v) is 4.93. The number of halogens is 1. The van der Waals surface area contributed by atoms with Crippen LogP contribution in [0.25, 0.3) is 0 Å². The molecule has 0 bridgehead atoms. The summed E-state index contributed by atoms with van der Waals surface area (Å²) in [7, 11) is 0. The highest BCUT2D eigenvalue weighted by molar-refractivity contribution is 9.10. The number of nitrogens with zero attached hydrogens (tertiary/aromatic N) is 1. The second kappa shape index (κ2) is 3.56. The van der Waals surface area contributed by atoms with Crippen molar-refractivity contribution in [3.63, 3.8) is 0 Å². The third kappa shape index (κ3) is 1.68. The van der Waals surface area contributed by atoms with Gasteiger partial charge in [0.15, 0.2) is 10.6 Å². The highest BCUT2D eigenvalue weighted by Crippen LogP contribution is 2.17. The molecule has 0 aromatic heterocycles. The van der Waals surface area contributed by atoms with E-state index < -0.39 is 4.83 Å². The molecule has 1 rings (SSSR count). The van der Waals surface area contributed by atoms with E-state index in [0.29, 0.717) is 13.0 Å². The van der Waals surface area contributed by atoms with Crippen molar-refractivity contribution in [3.8, 4) is 0 Å². The SMILES string of the molecule is CC(C)N1CCC(=O)[C@H](Br)C1=O. The smallest absolute Gasteiger partial charge is 0.244 e. The lowest BCUT2D eigenvalue weighted by molar-refractivity contribution is -0.139. The third-order valence-corrected chi connectivity index (χ3v) is 2.91. The average Bonchev–Trinajstić information content (AvgIpc) is 2.00. The van der Waals surface area contributed by atoms with Crippen LogP contribution in [-0.2, 0) is 9.59 Å². The Hall–Kier alpha value is -0.380. The molecule has 0 N–H and O–H groups in total. The molecule has 0 saturated carbocycles. The molecule has 0 aliphatic carbocycles. The van der Waals surface area contributed by atoms with Gasteiger partial charge in [-0.15, -0.1) is 0 Å². The van der Waals surface area contributed by atoms with Gasteiger partial charge >= 0.3 is 0 Å². The maximum atomic E-state index is 11.4. The lowest BCUT2D eigenvalue weighted by atomic mass is 10.1. The molecule has 1 saturated heterocycles. The van der Waals surface area contributed by atoms with E-state index in [-0.39, 0.29) is 17.7 Å². The lowest BCUT2D eigenvalue weighted by Crippen LogP contribution is -2.49. The zero-order valence-corrected chi connectivity index (χ0v) is 8.80. The second-order valence-electron chi connectivity index (χ2n) is 3.20. The van der Waals surface area contributed by atoms with E-state index in [2.05, 4.69) is 15.9 Å². The Labute approximate surface area is 80.2 Å². The molecule has 4 heteroatoms. The van der Waals surface area contributed by atoms with Crippen LogP contribution in [0.15, 0.2) is 0 Å². The van der Waals surface area contributed by atoms with E-state index in [4.69, 9.17) is 0 Å². The maximum Gasteiger partial charge on any atom is 0.244 e. The average molecular weight is 234 g/mol. The normalized spacial score (nSPS) is 25.3. The Morgan fingerprint density at radius 3 is 2.58 bits per heavy atom. The zero-order chi connectivity index (χ0) is 9.30. The van der Waals surface area contributed by atoms with Gasteiger partial charge in [-0.2, -0.15) is 0 Å². The number of piperidine rings is 1. The number of rotatable bonds is 1.